The molecule has 0 amide bonds. The van der Waals surface area contributed by atoms with Gasteiger partial charge in [-0.25, -0.2) is 13.1 Å². The van der Waals surface area contributed by atoms with Crippen LogP contribution >= 0.6 is 11.6 Å². The average molecular weight is 366 g/mol. The van der Waals surface area contributed by atoms with E-state index in [1.807, 2.05) is 19.1 Å². The molecule has 2 aromatic carbocycles. The Kier molecular flexibility index (Phi) is 4.85. The molecular formula is C18H20ClNO3S. The van der Waals surface area contributed by atoms with Crippen LogP contribution in [0.25, 0.3) is 0 Å². The molecule has 1 atom stereocenters. The molecule has 1 heterocycles. The first-order valence-electron chi connectivity index (χ1n) is 7.89. The summed E-state index contributed by atoms with van der Waals surface area (Å²) >= 11 is 6.04. The maximum atomic E-state index is 12.6. The number of hydrogen-bond donors (Lipinski definition) is 1. The lowest BCUT2D eigenvalue weighted by molar-refractivity contribution is 0.357. The van der Waals surface area contributed by atoms with Crippen molar-refractivity contribution in [3.8, 4) is 5.75 Å². The minimum Gasteiger partial charge on any atom is -0.493 e. The third-order valence-electron chi connectivity index (χ3n) is 4.16. The molecule has 1 N–H and O–H groups in total. The van der Waals surface area contributed by atoms with Crippen molar-refractivity contribution in [2.75, 3.05) is 6.61 Å². The van der Waals surface area contributed by atoms with Crippen LogP contribution in [0.1, 0.15) is 23.6 Å². The normalized spacial score (nSPS) is 15.0. The molecule has 0 bridgehead atoms. The molecule has 128 valence electrons. The van der Waals surface area contributed by atoms with Crippen LogP contribution in [0.2, 0.25) is 5.02 Å². The minimum absolute atomic E-state index is 0.226. The molecule has 1 aliphatic heterocycles. The van der Waals surface area contributed by atoms with Gasteiger partial charge in [-0.3, -0.25) is 0 Å². The van der Waals surface area contributed by atoms with Gasteiger partial charge in [0.05, 0.1) is 11.5 Å². The van der Waals surface area contributed by atoms with Crippen LogP contribution in [0.4, 0.5) is 0 Å². The Morgan fingerprint density at radius 1 is 1.29 bits per heavy atom. The summed E-state index contributed by atoms with van der Waals surface area (Å²) in [5.74, 6) is 0.932. The molecule has 3 rings (SSSR count). The van der Waals surface area contributed by atoms with Gasteiger partial charge in [0.25, 0.3) is 0 Å². The molecule has 2 aromatic rings. The Morgan fingerprint density at radius 3 is 2.88 bits per heavy atom. The van der Waals surface area contributed by atoms with Gasteiger partial charge in [0.1, 0.15) is 5.75 Å². The summed E-state index contributed by atoms with van der Waals surface area (Å²) in [7, 11) is -3.60. The van der Waals surface area contributed by atoms with Crippen molar-refractivity contribution in [2.45, 2.75) is 37.6 Å². The van der Waals surface area contributed by atoms with Crippen LogP contribution in [0.3, 0.4) is 0 Å². The van der Waals surface area contributed by atoms with Gasteiger partial charge in [-0.15, -0.1) is 0 Å². The zero-order chi connectivity index (χ0) is 17.3. The number of sulfonamides is 1. The number of rotatable bonds is 5. The SMILES string of the molecule is Cc1c(Cl)cccc1S(=O)(=O)N[C@H](C)Cc1ccc2c(c1)CCO2. The fourth-order valence-corrected chi connectivity index (χ4v) is 4.71. The first-order chi connectivity index (χ1) is 11.4. The van der Waals surface area contributed by atoms with Crippen LogP contribution in [0.15, 0.2) is 41.3 Å². The summed E-state index contributed by atoms with van der Waals surface area (Å²) in [4.78, 5) is 0.226. The van der Waals surface area contributed by atoms with Gasteiger partial charge in [-0.1, -0.05) is 29.8 Å². The third kappa shape index (κ3) is 3.58. The Bertz CT molecular complexity index is 865. The first-order valence-corrected chi connectivity index (χ1v) is 9.75. The fourth-order valence-electron chi connectivity index (χ4n) is 2.97. The molecule has 0 saturated carbocycles. The van der Waals surface area contributed by atoms with E-state index in [1.165, 1.54) is 5.56 Å². The maximum absolute atomic E-state index is 12.6. The Labute approximate surface area is 147 Å². The summed E-state index contributed by atoms with van der Waals surface area (Å²) in [6, 6.07) is 10.7. The summed E-state index contributed by atoms with van der Waals surface area (Å²) in [6.07, 6.45) is 1.52. The van der Waals surface area contributed by atoms with Crippen LogP contribution in [-0.2, 0) is 22.9 Å². The standard InChI is InChI=1S/C18H20ClNO3S/c1-12(10-14-6-7-17-15(11-14)8-9-23-17)20-24(21,22)18-5-3-4-16(19)13(18)2/h3-7,11-12,20H,8-10H2,1-2H3/t12-/m1/s1. The molecule has 0 fully saturated rings. The van der Waals surface area contributed by atoms with E-state index in [0.29, 0.717) is 17.0 Å². The van der Waals surface area contributed by atoms with Gasteiger partial charge in [0, 0.05) is 17.5 Å². The predicted molar refractivity (Wildman–Crippen MR) is 95.3 cm³/mol. The van der Waals surface area contributed by atoms with E-state index < -0.39 is 10.0 Å². The monoisotopic (exact) mass is 365 g/mol. The van der Waals surface area contributed by atoms with Crippen molar-refractivity contribution < 1.29 is 13.2 Å². The summed E-state index contributed by atoms with van der Waals surface area (Å²) in [5, 5.41) is 0.448. The second-order valence-electron chi connectivity index (χ2n) is 6.13. The van der Waals surface area contributed by atoms with Crippen molar-refractivity contribution in [1.82, 2.24) is 4.72 Å². The van der Waals surface area contributed by atoms with Gasteiger partial charge in [0.2, 0.25) is 10.0 Å². The molecule has 4 nitrogen and oxygen atoms in total. The van der Waals surface area contributed by atoms with Gasteiger partial charge in [-0.05, 0) is 55.2 Å². The van der Waals surface area contributed by atoms with E-state index >= 15 is 0 Å². The van der Waals surface area contributed by atoms with Crippen molar-refractivity contribution in [3.05, 3.63) is 58.1 Å². The second-order valence-corrected chi connectivity index (χ2v) is 8.22. The largest absolute Gasteiger partial charge is 0.493 e. The van der Waals surface area contributed by atoms with Crippen LogP contribution < -0.4 is 9.46 Å². The smallest absolute Gasteiger partial charge is 0.241 e. The fraction of sp³-hybridized carbons (Fsp3) is 0.333. The Hall–Kier alpha value is -1.56. The van der Waals surface area contributed by atoms with E-state index in [-0.39, 0.29) is 10.9 Å². The van der Waals surface area contributed by atoms with E-state index in [1.54, 1.807) is 25.1 Å². The van der Waals surface area contributed by atoms with Gasteiger partial charge < -0.3 is 4.74 Å². The molecule has 0 saturated heterocycles. The first kappa shape index (κ1) is 17.3. The van der Waals surface area contributed by atoms with Crippen LogP contribution in [-0.4, -0.2) is 21.1 Å². The topological polar surface area (TPSA) is 55.4 Å². The summed E-state index contributed by atoms with van der Waals surface area (Å²) < 4.78 is 33.4. The third-order valence-corrected chi connectivity index (χ3v) is 6.30. The number of fused-ring (bicyclic) bond motifs is 1. The molecule has 24 heavy (non-hydrogen) atoms. The molecule has 0 radical (unpaired) electrons. The van der Waals surface area contributed by atoms with E-state index in [4.69, 9.17) is 16.3 Å². The number of benzene rings is 2. The van der Waals surface area contributed by atoms with Gasteiger partial charge >= 0.3 is 0 Å². The van der Waals surface area contributed by atoms with Gasteiger partial charge in [0.15, 0.2) is 0 Å². The zero-order valence-electron chi connectivity index (χ0n) is 13.7. The highest BCUT2D eigenvalue weighted by atomic mass is 35.5. The van der Waals surface area contributed by atoms with Crippen LogP contribution in [0.5, 0.6) is 5.75 Å². The van der Waals surface area contributed by atoms with Crippen molar-refractivity contribution in [2.24, 2.45) is 0 Å². The predicted octanol–water partition coefficient (Wildman–Crippen LogP) is 3.49. The summed E-state index contributed by atoms with van der Waals surface area (Å²) in [6.45, 7) is 4.29. The molecule has 1 aliphatic rings. The van der Waals surface area contributed by atoms with Crippen molar-refractivity contribution in [3.63, 3.8) is 0 Å². The second kappa shape index (κ2) is 6.75. The molecular weight excluding hydrogens is 346 g/mol. The van der Waals surface area contributed by atoms with E-state index in [0.717, 1.165) is 24.3 Å². The molecule has 0 aromatic heterocycles. The van der Waals surface area contributed by atoms with E-state index in [2.05, 4.69) is 10.8 Å². The number of hydrogen-bond acceptors (Lipinski definition) is 3. The van der Waals surface area contributed by atoms with Crippen molar-refractivity contribution >= 4 is 21.6 Å². The van der Waals surface area contributed by atoms with E-state index in [9.17, 15) is 8.42 Å². The molecule has 0 unspecified atom stereocenters. The Morgan fingerprint density at radius 2 is 2.08 bits per heavy atom. The molecule has 0 spiro atoms. The number of nitrogens with one attached hydrogen (secondary N) is 1. The van der Waals surface area contributed by atoms with Crippen LogP contribution in [0, 0.1) is 6.92 Å². The lowest BCUT2D eigenvalue weighted by Gasteiger charge is -2.16. The Balaban J connectivity index is 1.74. The van der Waals surface area contributed by atoms with Gasteiger partial charge in [-0.2, -0.15) is 0 Å². The lowest BCUT2D eigenvalue weighted by Crippen LogP contribution is -2.34. The number of ether oxygens (including phenoxy) is 1. The summed E-state index contributed by atoms with van der Waals surface area (Å²) in [5.41, 5.74) is 2.85. The minimum atomic E-state index is -3.60. The van der Waals surface area contributed by atoms with Crippen molar-refractivity contribution in [1.29, 1.82) is 0 Å². The molecule has 0 aliphatic carbocycles. The molecule has 6 heteroatoms. The quantitative estimate of drug-likeness (QED) is 0.882. The average Bonchev–Trinajstić information content (AvgIpc) is 2.96. The highest BCUT2D eigenvalue weighted by Gasteiger charge is 2.21. The highest BCUT2D eigenvalue weighted by Crippen LogP contribution is 2.27. The number of halogens is 1. The maximum Gasteiger partial charge on any atom is 0.241 e. The highest BCUT2D eigenvalue weighted by molar-refractivity contribution is 7.89. The lowest BCUT2D eigenvalue weighted by atomic mass is 10.0. The zero-order valence-corrected chi connectivity index (χ0v) is 15.2.